The van der Waals surface area contributed by atoms with E-state index in [4.69, 9.17) is 9.15 Å². The summed E-state index contributed by atoms with van der Waals surface area (Å²) in [4.78, 5) is 28.8. The molecule has 146 valence electrons. The zero-order chi connectivity index (χ0) is 20.4. The van der Waals surface area contributed by atoms with Crippen LogP contribution in [-0.4, -0.2) is 17.0 Å². The Hall–Kier alpha value is -3.67. The largest absolute Gasteiger partial charge is 0.480 e. The number of nitrogens with one attached hydrogen (secondary N) is 1. The molecule has 0 aliphatic carbocycles. The van der Waals surface area contributed by atoms with Crippen LogP contribution in [0.5, 0.6) is 5.75 Å². The maximum Gasteiger partial charge on any atom is 0.344 e. The van der Waals surface area contributed by atoms with Gasteiger partial charge >= 0.3 is 5.63 Å². The molecule has 0 aliphatic heterocycles. The van der Waals surface area contributed by atoms with E-state index < -0.39 is 11.7 Å². The number of rotatable bonds is 5. The standard InChI is InChI=1S/C23H20N2O4/c1-14-20(28-15(2)22(26)25-13-16-6-5-11-24-12-16)10-9-18-17-7-3-4-8-19(17)23(27)29-21(14)18/h3-12,15H,13H2,1-2H3,(H,25,26)/t15-/m1/s1. The van der Waals surface area contributed by atoms with Crippen molar-refractivity contribution in [2.24, 2.45) is 0 Å². The van der Waals surface area contributed by atoms with Gasteiger partial charge in [-0.3, -0.25) is 9.78 Å². The number of aromatic nitrogens is 1. The molecule has 0 spiro atoms. The Morgan fingerprint density at radius 2 is 1.90 bits per heavy atom. The van der Waals surface area contributed by atoms with Gasteiger partial charge in [0.1, 0.15) is 11.3 Å². The van der Waals surface area contributed by atoms with E-state index in [0.717, 1.165) is 16.3 Å². The van der Waals surface area contributed by atoms with E-state index in [-0.39, 0.29) is 5.91 Å². The van der Waals surface area contributed by atoms with Crippen molar-refractivity contribution in [1.82, 2.24) is 10.3 Å². The maximum atomic E-state index is 12.4. The highest BCUT2D eigenvalue weighted by Crippen LogP contribution is 2.31. The quantitative estimate of drug-likeness (QED) is 0.416. The van der Waals surface area contributed by atoms with Crippen LogP contribution < -0.4 is 15.7 Å². The van der Waals surface area contributed by atoms with Gasteiger partial charge in [0.15, 0.2) is 6.10 Å². The number of pyridine rings is 1. The Morgan fingerprint density at radius 1 is 1.10 bits per heavy atom. The van der Waals surface area contributed by atoms with E-state index in [2.05, 4.69) is 10.3 Å². The third-order valence-corrected chi connectivity index (χ3v) is 4.85. The van der Waals surface area contributed by atoms with Gasteiger partial charge in [-0.1, -0.05) is 24.3 Å². The lowest BCUT2D eigenvalue weighted by molar-refractivity contribution is -0.127. The monoisotopic (exact) mass is 388 g/mol. The van der Waals surface area contributed by atoms with Crippen LogP contribution in [0.3, 0.4) is 0 Å². The summed E-state index contributed by atoms with van der Waals surface area (Å²) >= 11 is 0. The van der Waals surface area contributed by atoms with Gasteiger partial charge in [0.2, 0.25) is 0 Å². The van der Waals surface area contributed by atoms with Crippen LogP contribution in [0.25, 0.3) is 21.7 Å². The Balaban J connectivity index is 1.57. The van der Waals surface area contributed by atoms with E-state index in [0.29, 0.717) is 28.8 Å². The van der Waals surface area contributed by atoms with Crippen molar-refractivity contribution in [3.8, 4) is 5.75 Å². The van der Waals surface area contributed by atoms with Gasteiger partial charge in [-0.05, 0) is 49.1 Å². The number of carbonyl (C=O) groups excluding carboxylic acids is 1. The zero-order valence-electron chi connectivity index (χ0n) is 16.1. The minimum absolute atomic E-state index is 0.242. The van der Waals surface area contributed by atoms with Gasteiger partial charge in [-0.2, -0.15) is 0 Å². The summed E-state index contributed by atoms with van der Waals surface area (Å²) in [6.07, 6.45) is 2.67. The van der Waals surface area contributed by atoms with Gasteiger partial charge in [-0.15, -0.1) is 0 Å². The number of benzene rings is 2. The lowest BCUT2D eigenvalue weighted by Crippen LogP contribution is -2.36. The topological polar surface area (TPSA) is 81.4 Å². The lowest BCUT2D eigenvalue weighted by atomic mass is 10.0. The average molecular weight is 388 g/mol. The summed E-state index contributed by atoms with van der Waals surface area (Å²) in [6, 6.07) is 14.7. The molecule has 2 aromatic carbocycles. The van der Waals surface area contributed by atoms with Crippen molar-refractivity contribution in [1.29, 1.82) is 0 Å². The van der Waals surface area contributed by atoms with Crippen molar-refractivity contribution in [3.63, 3.8) is 0 Å². The molecule has 0 saturated heterocycles. The molecule has 0 aliphatic rings. The molecule has 0 bridgehead atoms. The summed E-state index contributed by atoms with van der Waals surface area (Å²) in [5.41, 5.74) is 1.66. The number of fused-ring (bicyclic) bond motifs is 3. The summed E-state index contributed by atoms with van der Waals surface area (Å²) in [5, 5.41) is 5.03. The minimum Gasteiger partial charge on any atom is -0.480 e. The van der Waals surface area contributed by atoms with Gasteiger partial charge in [0, 0.05) is 29.9 Å². The second kappa shape index (κ2) is 7.75. The summed E-state index contributed by atoms with van der Waals surface area (Å²) < 4.78 is 11.4. The molecule has 2 heterocycles. The van der Waals surface area contributed by atoms with Crippen molar-refractivity contribution in [2.75, 3.05) is 0 Å². The number of hydrogen-bond donors (Lipinski definition) is 1. The highest BCUT2D eigenvalue weighted by molar-refractivity contribution is 6.05. The molecule has 1 atom stereocenters. The molecule has 6 heteroatoms. The van der Waals surface area contributed by atoms with Gasteiger partial charge < -0.3 is 14.5 Å². The first-order valence-corrected chi connectivity index (χ1v) is 9.33. The first-order chi connectivity index (χ1) is 14.0. The van der Waals surface area contributed by atoms with Crippen molar-refractivity contribution < 1.29 is 13.9 Å². The predicted octanol–water partition coefficient (Wildman–Crippen LogP) is 3.73. The molecular weight excluding hydrogens is 368 g/mol. The Labute approximate surface area is 167 Å². The van der Waals surface area contributed by atoms with E-state index in [1.165, 1.54) is 0 Å². The van der Waals surface area contributed by atoms with Gasteiger partial charge in [-0.25, -0.2) is 4.79 Å². The van der Waals surface area contributed by atoms with Gasteiger partial charge in [0.25, 0.3) is 5.91 Å². The number of carbonyl (C=O) groups is 1. The minimum atomic E-state index is -0.713. The molecule has 0 saturated carbocycles. The lowest BCUT2D eigenvalue weighted by Gasteiger charge is -2.17. The van der Waals surface area contributed by atoms with Crippen LogP contribution in [0.2, 0.25) is 0 Å². The molecule has 2 aromatic heterocycles. The Kier molecular flexibility index (Phi) is 4.99. The molecule has 4 aromatic rings. The summed E-state index contributed by atoms with van der Waals surface area (Å²) in [7, 11) is 0. The fraction of sp³-hybridized carbons (Fsp3) is 0.174. The molecule has 4 rings (SSSR count). The predicted molar refractivity (Wildman–Crippen MR) is 111 cm³/mol. The normalized spacial score (nSPS) is 12.1. The zero-order valence-corrected chi connectivity index (χ0v) is 16.1. The molecule has 29 heavy (non-hydrogen) atoms. The highest BCUT2D eigenvalue weighted by atomic mass is 16.5. The molecule has 0 radical (unpaired) electrons. The van der Waals surface area contributed by atoms with Crippen molar-refractivity contribution >= 4 is 27.6 Å². The van der Waals surface area contributed by atoms with E-state index in [1.807, 2.05) is 37.3 Å². The summed E-state index contributed by atoms with van der Waals surface area (Å²) in [5.74, 6) is 0.258. The van der Waals surface area contributed by atoms with Crippen LogP contribution in [0.1, 0.15) is 18.1 Å². The summed E-state index contributed by atoms with van der Waals surface area (Å²) in [6.45, 7) is 3.87. The second-order valence-electron chi connectivity index (χ2n) is 6.84. The average Bonchev–Trinajstić information content (AvgIpc) is 2.75. The van der Waals surface area contributed by atoms with E-state index in [1.54, 1.807) is 37.5 Å². The van der Waals surface area contributed by atoms with Crippen LogP contribution in [0.4, 0.5) is 0 Å². The number of aryl methyl sites for hydroxylation is 1. The first kappa shape index (κ1) is 18.7. The van der Waals surface area contributed by atoms with Crippen LogP contribution >= 0.6 is 0 Å². The maximum absolute atomic E-state index is 12.4. The molecule has 1 amide bonds. The van der Waals surface area contributed by atoms with Crippen LogP contribution in [0, 0.1) is 6.92 Å². The number of hydrogen-bond acceptors (Lipinski definition) is 5. The molecule has 0 fully saturated rings. The van der Waals surface area contributed by atoms with Crippen molar-refractivity contribution in [3.05, 3.63) is 82.5 Å². The highest BCUT2D eigenvalue weighted by Gasteiger charge is 2.18. The fourth-order valence-electron chi connectivity index (χ4n) is 3.27. The SMILES string of the molecule is Cc1c(O[C@H](C)C(=O)NCc2cccnc2)ccc2c1oc(=O)c1ccccc12. The van der Waals surface area contributed by atoms with E-state index in [9.17, 15) is 9.59 Å². The number of amides is 1. The Morgan fingerprint density at radius 3 is 2.66 bits per heavy atom. The van der Waals surface area contributed by atoms with Crippen LogP contribution in [-0.2, 0) is 11.3 Å². The van der Waals surface area contributed by atoms with E-state index >= 15 is 0 Å². The molecular formula is C23H20N2O4. The molecule has 6 nitrogen and oxygen atoms in total. The molecule has 0 unspecified atom stereocenters. The van der Waals surface area contributed by atoms with Gasteiger partial charge in [0.05, 0.1) is 5.39 Å². The van der Waals surface area contributed by atoms with Crippen molar-refractivity contribution in [2.45, 2.75) is 26.5 Å². The fourth-order valence-corrected chi connectivity index (χ4v) is 3.27. The third kappa shape index (κ3) is 3.69. The number of nitrogens with zero attached hydrogens (tertiary/aromatic N) is 1. The Bertz CT molecular complexity index is 1250. The second-order valence-corrected chi connectivity index (χ2v) is 6.84. The molecule has 1 N–H and O–H groups in total. The first-order valence-electron chi connectivity index (χ1n) is 9.33. The smallest absolute Gasteiger partial charge is 0.344 e. The number of ether oxygens (including phenoxy) is 1. The third-order valence-electron chi connectivity index (χ3n) is 4.85. The van der Waals surface area contributed by atoms with Crippen LogP contribution in [0.15, 0.2) is 70.1 Å².